The van der Waals surface area contributed by atoms with Crippen molar-refractivity contribution in [3.8, 4) is 0 Å². The molecule has 0 aliphatic heterocycles. The molecule has 0 aromatic heterocycles. The highest BCUT2D eigenvalue weighted by Gasteiger charge is 2.03. The van der Waals surface area contributed by atoms with Crippen LogP contribution in [0.15, 0.2) is 48.6 Å². The van der Waals surface area contributed by atoms with E-state index >= 15 is 0 Å². The lowest BCUT2D eigenvalue weighted by Gasteiger charge is -2.00. The molecule has 0 N–H and O–H groups in total. The molecule has 0 aliphatic rings. The first-order valence-electron chi connectivity index (χ1n) is 4.72. The van der Waals surface area contributed by atoms with Gasteiger partial charge >= 0.3 is 0 Å². The zero-order chi connectivity index (χ0) is 11.0. The van der Waals surface area contributed by atoms with Crippen LogP contribution in [-0.4, -0.2) is 5.78 Å². The van der Waals surface area contributed by atoms with Gasteiger partial charge in [-0.05, 0) is 25.8 Å². The van der Waals surface area contributed by atoms with Gasteiger partial charge in [0.1, 0.15) is 0 Å². The van der Waals surface area contributed by atoms with Crippen LogP contribution in [0.1, 0.15) is 26.7 Å². The summed E-state index contributed by atoms with van der Waals surface area (Å²) in [5.74, 6) is 0.182. The highest BCUT2D eigenvalue weighted by atomic mass is 16.1. The van der Waals surface area contributed by atoms with E-state index in [0.29, 0.717) is 6.42 Å². The molecule has 0 aromatic rings. The molecule has 0 amide bonds. The zero-order valence-electron chi connectivity index (χ0n) is 9.05. The monoisotopic (exact) mass is 190 g/mol. The van der Waals surface area contributed by atoms with Crippen molar-refractivity contribution in [2.75, 3.05) is 0 Å². The van der Waals surface area contributed by atoms with E-state index in [4.69, 9.17) is 0 Å². The molecule has 0 unspecified atom stereocenters. The summed E-state index contributed by atoms with van der Waals surface area (Å²) >= 11 is 0. The van der Waals surface area contributed by atoms with Crippen molar-refractivity contribution < 1.29 is 4.79 Å². The fourth-order valence-electron chi connectivity index (χ4n) is 1.06. The largest absolute Gasteiger partial charge is 0.295 e. The van der Waals surface area contributed by atoms with E-state index in [9.17, 15) is 4.79 Å². The first-order valence-corrected chi connectivity index (χ1v) is 4.72. The molecule has 0 spiro atoms. The van der Waals surface area contributed by atoms with E-state index in [2.05, 4.69) is 13.2 Å². The van der Waals surface area contributed by atoms with Crippen LogP contribution in [0.25, 0.3) is 0 Å². The fraction of sp³-hybridized carbons (Fsp3) is 0.308. The van der Waals surface area contributed by atoms with Crippen LogP contribution in [-0.2, 0) is 4.79 Å². The molecule has 1 heteroatoms. The Morgan fingerprint density at radius 3 is 2.14 bits per heavy atom. The van der Waals surface area contributed by atoms with Gasteiger partial charge in [-0.2, -0.15) is 0 Å². The normalized spacial score (nSPS) is 12.4. The topological polar surface area (TPSA) is 17.1 Å². The number of ketones is 1. The summed E-state index contributed by atoms with van der Waals surface area (Å²) in [5.41, 5.74) is 1.95. The highest BCUT2D eigenvalue weighted by molar-refractivity contribution is 5.95. The van der Waals surface area contributed by atoms with Crippen molar-refractivity contribution in [2.45, 2.75) is 26.7 Å². The van der Waals surface area contributed by atoms with Gasteiger partial charge in [0.15, 0.2) is 5.78 Å². The number of carbonyl (C=O) groups excluding carboxylic acids is 1. The van der Waals surface area contributed by atoms with Crippen LogP contribution in [0.3, 0.4) is 0 Å². The molecule has 0 radical (unpaired) electrons. The van der Waals surface area contributed by atoms with Gasteiger partial charge in [-0.1, -0.05) is 43.0 Å². The maximum Gasteiger partial charge on any atom is 0.158 e. The summed E-state index contributed by atoms with van der Waals surface area (Å²) in [5, 5.41) is 0. The Hall–Kier alpha value is -1.37. The van der Waals surface area contributed by atoms with Gasteiger partial charge in [0.05, 0.1) is 0 Å². The van der Waals surface area contributed by atoms with Crippen LogP contribution in [0.5, 0.6) is 0 Å². The molecule has 0 aromatic carbocycles. The molecular formula is C13H18O. The third-order valence-electron chi connectivity index (χ3n) is 1.96. The molecule has 0 rings (SSSR count). The van der Waals surface area contributed by atoms with Crippen LogP contribution in [0, 0.1) is 0 Å². The lowest BCUT2D eigenvalue weighted by molar-refractivity contribution is -0.115. The Morgan fingerprint density at radius 1 is 1.07 bits per heavy atom. The Morgan fingerprint density at radius 2 is 1.64 bits per heavy atom. The molecule has 76 valence electrons. The quantitative estimate of drug-likeness (QED) is 0.462. The summed E-state index contributed by atoms with van der Waals surface area (Å²) in [6.07, 6.45) is 8.42. The first-order chi connectivity index (χ1) is 6.61. The summed E-state index contributed by atoms with van der Waals surface area (Å²) < 4.78 is 0. The molecule has 0 heterocycles. The molecule has 0 atom stereocenters. The number of carbonyl (C=O) groups is 1. The Bertz CT molecular complexity index is 280. The smallest absolute Gasteiger partial charge is 0.158 e. The molecule has 0 fully saturated rings. The molecule has 14 heavy (non-hydrogen) atoms. The van der Waals surface area contributed by atoms with Crippen molar-refractivity contribution >= 4 is 5.78 Å². The minimum atomic E-state index is 0.182. The van der Waals surface area contributed by atoms with Gasteiger partial charge in [0.25, 0.3) is 0 Å². The van der Waals surface area contributed by atoms with Gasteiger partial charge in [-0.3, -0.25) is 4.79 Å². The fourth-order valence-corrected chi connectivity index (χ4v) is 1.06. The van der Waals surface area contributed by atoms with Crippen molar-refractivity contribution in [3.63, 3.8) is 0 Å². The summed E-state index contributed by atoms with van der Waals surface area (Å²) in [6, 6.07) is 0. The SMILES string of the molecule is C=CC=C(C)CCC(=O)C(C)=CC=C. The number of Topliss-reactive ketones (excluding diaryl/α,β-unsaturated/α-hetero) is 1. The maximum absolute atomic E-state index is 11.5. The molecule has 0 saturated heterocycles. The molecular weight excluding hydrogens is 172 g/mol. The Labute approximate surface area is 86.5 Å². The Balaban J connectivity index is 4.09. The second kappa shape index (κ2) is 7.07. The van der Waals surface area contributed by atoms with E-state index in [1.807, 2.05) is 19.9 Å². The average Bonchev–Trinajstić information content (AvgIpc) is 2.15. The third kappa shape index (κ3) is 5.31. The molecule has 0 saturated carbocycles. The van der Waals surface area contributed by atoms with E-state index in [0.717, 1.165) is 12.0 Å². The second-order valence-electron chi connectivity index (χ2n) is 3.26. The number of rotatable bonds is 6. The summed E-state index contributed by atoms with van der Waals surface area (Å²) in [6.45, 7) is 11.0. The van der Waals surface area contributed by atoms with E-state index in [1.165, 1.54) is 5.57 Å². The molecule has 1 nitrogen and oxygen atoms in total. The minimum Gasteiger partial charge on any atom is -0.295 e. The van der Waals surface area contributed by atoms with E-state index in [-0.39, 0.29) is 5.78 Å². The van der Waals surface area contributed by atoms with Crippen molar-refractivity contribution in [3.05, 3.63) is 48.6 Å². The van der Waals surface area contributed by atoms with Gasteiger partial charge in [-0.25, -0.2) is 0 Å². The van der Waals surface area contributed by atoms with E-state index in [1.54, 1.807) is 18.2 Å². The van der Waals surface area contributed by atoms with Gasteiger partial charge in [-0.15, -0.1) is 0 Å². The van der Waals surface area contributed by atoms with Crippen molar-refractivity contribution in [1.29, 1.82) is 0 Å². The van der Waals surface area contributed by atoms with Crippen molar-refractivity contribution in [2.24, 2.45) is 0 Å². The lowest BCUT2D eigenvalue weighted by Crippen LogP contribution is -1.99. The zero-order valence-corrected chi connectivity index (χ0v) is 9.05. The number of allylic oxidation sites excluding steroid dienone is 6. The van der Waals surface area contributed by atoms with E-state index < -0.39 is 0 Å². The number of hydrogen-bond donors (Lipinski definition) is 0. The Kier molecular flexibility index (Phi) is 6.38. The standard InChI is InChI=1S/C13H18O/c1-5-7-11(3)9-10-13(14)12(4)8-6-2/h5-8H,1-2,9-10H2,3-4H3. The minimum absolute atomic E-state index is 0.182. The van der Waals surface area contributed by atoms with Crippen LogP contribution < -0.4 is 0 Å². The van der Waals surface area contributed by atoms with Gasteiger partial charge in [0, 0.05) is 6.42 Å². The predicted molar refractivity (Wildman–Crippen MR) is 62.1 cm³/mol. The molecule has 0 aliphatic carbocycles. The second-order valence-corrected chi connectivity index (χ2v) is 3.26. The van der Waals surface area contributed by atoms with Crippen LogP contribution in [0.2, 0.25) is 0 Å². The highest BCUT2D eigenvalue weighted by Crippen LogP contribution is 2.08. The molecule has 0 bridgehead atoms. The summed E-state index contributed by atoms with van der Waals surface area (Å²) in [7, 11) is 0. The summed E-state index contributed by atoms with van der Waals surface area (Å²) in [4.78, 5) is 11.5. The number of hydrogen-bond acceptors (Lipinski definition) is 1. The lowest BCUT2D eigenvalue weighted by atomic mass is 10.0. The van der Waals surface area contributed by atoms with Gasteiger partial charge in [0.2, 0.25) is 0 Å². The predicted octanol–water partition coefficient (Wildman–Crippen LogP) is 3.60. The van der Waals surface area contributed by atoms with Crippen LogP contribution in [0.4, 0.5) is 0 Å². The third-order valence-corrected chi connectivity index (χ3v) is 1.96. The van der Waals surface area contributed by atoms with Crippen molar-refractivity contribution in [1.82, 2.24) is 0 Å². The first kappa shape index (κ1) is 12.6. The average molecular weight is 190 g/mol. The van der Waals surface area contributed by atoms with Crippen LogP contribution >= 0.6 is 0 Å². The maximum atomic E-state index is 11.5. The van der Waals surface area contributed by atoms with Gasteiger partial charge < -0.3 is 0 Å².